The zero-order chi connectivity index (χ0) is 26.1. The van der Waals surface area contributed by atoms with Crippen molar-refractivity contribution in [3.05, 3.63) is 32.2 Å². The van der Waals surface area contributed by atoms with Crippen molar-refractivity contribution in [2.75, 3.05) is 60.6 Å². The van der Waals surface area contributed by atoms with Crippen LogP contribution in [-0.2, 0) is 36.7 Å². The number of nitrogens with zero attached hydrogens (tertiary/aromatic N) is 4. The molecular weight excluding hydrogens is 504 g/mol. The molecule has 0 saturated heterocycles. The van der Waals surface area contributed by atoms with E-state index in [0.717, 1.165) is 34.1 Å². The van der Waals surface area contributed by atoms with E-state index in [2.05, 4.69) is 20.6 Å². The van der Waals surface area contributed by atoms with Crippen LogP contribution in [0.3, 0.4) is 0 Å². The molecule has 0 spiro atoms. The van der Waals surface area contributed by atoms with Crippen molar-refractivity contribution in [1.29, 1.82) is 0 Å². The van der Waals surface area contributed by atoms with Crippen LogP contribution < -0.4 is 10.6 Å². The summed E-state index contributed by atoms with van der Waals surface area (Å²) in [4.78, 5) is 50.3. The van der Waals surface area contributed by atoms with Crippen molar-refractivity contribution in [1.82, 2.24) is 30.4 Å². The number of hydrogen-bond donors (Lipinski definition) is 2. The summed E-state index contributed by atoms with van der Waals surface area (Å²) in [5, 5.41) is 6.08. The Balaban J connectivity index is 0.000000202. The largest absolute Gasteiger partial charge is 0.465 e. The lowest BCUT2D eigenvalue weighted by molar-refractivity contribution is -0.149. The van der Waals surface area contributed by atoms with Crippen molar-refractivity contribution in [3.63, 3.8) is 0 Å². The molecule has 2 aromatic rings. The van der Waals surface area contributed by atoms with Crippen LogP contribution in [0, 0.1) is 0 Å². The molecule has 2 aliphatic rings. The number of nitrogens with one attached hydrogen (secondary N) is 2. The number of thiazole rings is 2. The highest BCUT2D eigenvalue weighted by Crippen LogP contribution is 2.28. The van der Waals surface area contributed by atoms with E-state index in [0.29, 0.717) is 32.7 Å². The third kappa shape index (κ3) is 6.65. The highest BCUT2D eigenvalue weighted by atomic mass is 32.1. The number of ether oxygens (including phenoxy) is 2. The minimum absolute atomic E-state index is 0.000204. The number of rotatable bonds is 8. The van der Waals surface area contributed by atoms with Gasteiger partial charge in [0.05, 0.1) is 45.4 Å². The highest BCUT2D eigenvalue weighted by molar-refractivity contribution is 7.10. The van der Waals surface area contributed by atoms with Crippen LogP contribution in [-0.4, -0.2) is 98.1 Å². The van der Waals surface area contributed by atoms with Crippen molar-refractivity contribution in [2.45, 2.75) is 31.8 Å². The third-order valence-electron chi connectivity index (χ3n) is 5.99. The summed E-state index contributed by atoms with van der Waals surface area (Å²) in [5.74, 6) is -0.352. The Hall–Kier alpha value is -2.45. The first-order chi connectivity index (χ1) is 17.4. The molecule has 0 aromatic carbocycles. The Morgan fingerprint density at radius 2 is 1.53 bits per heavy atom. The van der Waals surface area contributed by atoms with E-state index in [-0.39, 0.29) is 30.4 Å². The van der Waals surface area contributed by atoms with Gasteiger partial charge in [0.15, 0.2) is 0 Å². The minimum atomic E-state index is -0.417. The monoisotopic (exact) mass is 538 g/mol. The zero-order valence-electron chi connectivity index (χ0n) is 21.1. The maximum Gasteiger partial charge on any atom is 0.325 e. The smallest absolute Gasteiger partial charge is 0.325 e. The number of hydrogen-bond acceptors (Lipinski definition) is 11. The van der Waals surface area contributed by atoms with E-state index in [9.17, 15) is 14.4 Å². The van der Waals surface area contributed by atoms with Crippen LogP contribution in [0.4, 0.5) is 0 Å². The van der Waals surface area contributed by atoms with Gasteiger partial charge in [0.25, 0.3) is 0 Å². The molecule has 2 aromatic heterocycles. The van der Waals surface area contributed by atoms with Gasteiger partial charge in [-0.1, -0.05) is 0 Å². The summed E-state index contributed by atoms with van der Waals surface area (Å²) < 4.78 is 9.93. The van der Waals surface area contributed by atoms with Crippen molar-refractivity contribution >= 4 is 40.5 Å². The first-order valence-electron chi connectivity index (χ1n) is 11.9. The standard InChI is InChI=1S/C12H17N3O3S.C11H17N3O2S/c1-3-18-9(16)6-15-5-4-8-11(19-7-14-8)10(13-2)12(15)17;1-12-9-10-8(13-7-17-10)3-4-14(11(9)15)5-6-16-2/h7,10,13H,3-6H2,1-2H3;7,9,12H,3-6H2,1-2H3. The molecule has 11 nitrogen and oxygen atoms in total. The number of likely N-dealkylation sites (N-methyl/N-ethyl adjacent to an activating group) is 2. The Morgan fingerprint density at radius 3 is 2.03 bits per heavy atom. The molecule has 0 bridgehead atoms. The molecule has 0 radical (unpaired) electrons. The van der Waals surface area contributed by atoms with Crippen LogP contribution >= 0.6 is 22.7 Å². The molecule has 2 amide bonds. The van der Waals surface area contributed by atoms with Gasteiger partial charge in [-0.05, 0) is 21.0 Å². The minimum Gasteiger partial charge on any atom is -0.465 e. The zero-order valence-corrected chi connectivity index (χ0v) is 22.7. The maximum atomic E-state index is 12.4. The van der Waals surface area contributed by atoms with Gasteiger partial charge in [0, 0.05) is 39.6 Å². The second-order valence-corrected chi connectivity index (χ2v) is 9.93. The maximum absolute atomic E-state index is 12.4. The van der Waals surface area contributed by atoms with E-state index in [1.165, 1.54) is 16.2 Å². The van der Waals surface area contributed by atoms with Gasteiger partial charge in [-0.25, -0.2) is 9.97 Å². The fourth-order valence-corrected chi connectivity index (χ4v) is 6.02. The lowest BCUT2D eigenvalue weighted by Crippen LogP contribution is -2.42. The number of methoxy groups -OCH3 is 1. The molecule has 4 heterocycles. The van der Waals surface area contributed by atoms with E-state index in [4.69, 9.17) is 9.47 Å². The van der Waals surface area contributed by atoms with Crippen LogP contribution in [0.15, 0.2) is 11.0 Å². The summed E-state index contributed by atoms with van der Waals surface area (Å²) in [6.07, 6.45) is 1.49. The van der Waals surface area contributed by atoms with Crippen LogP contribution in [0.5, 0.6) is 0 Å². The number of aromatic nitrogens is 2. The Bertz CT molecular complexity index is 1030. The van der Waals surface area contributed by atoms with Gasteiger partial charge in [-0.15, -0.1) is 22.7 Å². The average Bonchev–Trinajstić information content (AvgIpc) is 3.48. The van der Waals surface area contributed by atoms with Crippen LogP contribution in [0.1, 0.15) is 40.1 Å². The fraction of sp³-hybridized carbons (Fsp3) is 0.609. The van der Waals surface area contributed by atoms with Gasteiger partial charge in [-0.3, -0.25) is 14.4 Å². The molecule has 2 atom stereocenters. The molecule has 36 heavy (non-hydrogen) atoms. The molecule has 198 valence electrons. The van der Waals surface area contributed by atoms with Crippen LogP contribution in [0.2, 0.25) is 0 Å². The number of amides is 2. The first kappa shape index (κ1) is 28.1. The van der Waals surface area contributed by atoms with E-state index in [1.807, 2.05) is 17.5 Å². The van der Waals surface area contributed by atoms with Gasteiger partial charge >= 0.3 is 5.97 Å². The third-order valence-corrected chi connectivity index (χ3v) is 7.86. The molecule has 2 aliphatic heterocycles. The Labute approximate surface area is 219 Å². The predicted octanol–water partition coefficient (Wildman–Crippen LogP) is 0.786. The normalized spacial score (nSPS) is 19.6. The van der Waals surface area contributed by atoms with Crippen molar-refractivity contribution < 1.29 is 23.9 Å². The molecule has 2 unspecified atom stereocenters. The topological polar surface area (TPSA) is 126 Å². The summed E-state index contributed by atoms with van der Waals surface area (Å²) in [5.41, 5.74) is 5.54. The highest BCUT2D eigenvalue weighted by Gasteiger charge is 2.33. The summed E-state index contributed by atoms with van der Waals surface area (Å²) in [6, 6.07) is -0.670. The number of carbonyl (C=O) groups is 3. The lowest BCUT2D eigenvalue weighted by atomic mass is 10.2. The second-order valence-electron chi connectivity index (χ2n) is 8.15. The van der Waals surface area contributed by atoms with Crippen LogP contribution in [0.25, 0.3) is 0 Å². The van der Waals surface area contributed by atoms with Gasteiger partial charge in [-0.2, -0.15) is 0 Å². The van der Waals surface area contributed by atoms with Crippen molar-refractivity contribution in [3.8, 4) is 0 Å². The quantitative estimate of drug-likeness (QED) is 0.469. The summed E-state index contributed by atoms with van der Waals surface area (Å²) >= 11 is 3.02. The molecule has 4 rings (SSSR count). The molecule has 13 heteroatoms. The molecule has 0 fully saturated rings. The SMILES string of the molecule is CCOC(=O)CN1CCc2ncsc2C(NC)C1=O.CNC1C(=O)N(CCOC)CCc2ncsc21. The van der Waals surface area contributed by atoms with E-state index in [1.54, 1.807) is 37.9 Å². The lowest BCUT2D eigenvalue weighted by Gasteiger charge is -2.23. The van der Waals surface area contributed by atoms with Gasteiger partial charge < -0.3 is 29.9 Å². The fourth-order valence-electron chi connectivity index (χ4n) is 4.15. The van der Waals surface area contributed by atoms with Crippen molar-refractivity contribution in [2.24, 2.45) is 0 Å². The predicted molar refractivity (Wildman–Crippen MR) is 137 cm³/mol. The number of esters is 1. The second kappa shape index (κ2) is 13.7. The van der Waals surface area contributed by atoms with Gasteiger partial charge in [0.1, 0.15) is 18.6 Å². The summed E-state index contributed by atoms with van der Waals surface area (Å²) in [7, 11) is 5.20. The van der Waals surface area contributed by atoms with E-state index >= 15 is 0 Å². The number of fused-ring (bicyclic) bond motifs is 2. The Morgan fingerprint density at radius 1 is 1.00 bits per heavy atom. The Kier molecular flexibility index (Phi) is 10.7. The van der Waals surface area contributed by atoms with E-state index < -0.39 is 6.04 Å². The molecule has 0 aliphatic carbocycles. The average molecular weight is 539 g/mol. The first-order valence-corrected chi connectivity index (χ1v) is 13.6. The number of carbonyl (C=O) groups excluding carboxylic acids is 3. The summed E-state index contributed by atoms with van der Waals surface area (Å²) in [6.45, 7) is 4.50. The molecular formula is C23H34N6O5S2. The van der Waals surface area contributed by atoms with Gasteiger partial charge in [0.2, 0.25) is 11.8 Å². The molecule has 0 saturated carbocycles. The molecule has 2 N–H and O–H groups in total.